The van der Waals surface area contributed by atoms with Gasteiger partial charge in [-0.2, -0.15) is 0 Å². The summed E-state index contributed by atoms with van der Waals surface area (Å²) >= 11 is 0. The number of nitrogens with two attached hydrogens (primary N) is 1. The molecule has 0 aromatic carbocycles. The van der Waals surface area contributed by atoms with Gasteiger partial charge in [-0.25, -0.2) is 0 Å². The van der Waals surface area contributed by atoms with Gasteiger partial charge in [-0.1, -0.05) is 43.7 Å². The van der Waals surface area contributed by atoms with E-state index in [1.807, 2.05) is 18.2 Å². The second kappa shape index (κ2) is 6.41. The molecule has 0 radical (unpaired) electrons. The van der Waals surface area contributed by atoms with Crippen LogP contribution in [0.15, 0.2) is 63.3 Å². The van der Waals surface area contributed by atoms with Gasteiger partial charge in [0.1, 0.15) is 0 Å². The Hall–Kier alpha value is -1.34. The zero-order valence-electron chi connectivity index (χ0n) is 11.0. The van der Waals surface area contributed by atoms with Crippen LogP contribution < -0.4 is 5.73 Å². The van der Waals surface area contributed by atoms with Crippen LogP contribution in [0, 0.1) is 11.3 Å². The molecule has 0 bridgehead atoms. The number of hydrogen-bond acceptors (Lipinski definition) is 1. The highest BCUT2D eigenvalue weighted by molar-refractivity contribution is 5.33. The molecular formula is C16H25N. The molecule has 0 fully saturated rings. The minimum atomic E-state index is -0.759. The molecular weight excluding hydrogens is 206 g/mol. The quantitative estimate of drug-likeness (QED) is 0.596. The summed E-state index contributed by atoms with van der Waals surface area (Å²) in [5, 5.41) is 0. The van der Waals surface area contributed by atoms with Gasteiger partial charge < -0.3 is 5.73 Å². The maximum atomic E-state index is 6.38. The van der Waals surface area contributed by atoms with Crippen LogP contribution in [0.3, 0.4) is 0 Å². The molecule has 1 unspecified atom stereocenters. The van der Waals surface area contributed by atoms with Crippen LogP contribution in [-0.2, 0) is 0 Å². The monoisotopic (exact) mass is 231 g/mol. The Morgan fingerprint density at radius 1 is 1.00 bits per heavy atom. The summed E-state index contributed by atoms with van der Waals surface area (Å²) in [7, 11) is 0. The number of allylic oxidation sites excluding steroid dienone is 1. The fourth-order valence-electron chi connectivity index (χ4n) is 2.36. The lowest BCUT2D eigenvalue weighted by Gasteiger charge is -2.45. The molecule has 0 aliphatic heterocycles. The molecule has 1 nitrogen and oxygen atoms in total. The smallest absolute Gasteiger partial charge is 0.0652 e. The zero-order chi connectivity index (χ0) is 13.5. The van der Waals surface area contributed by atoms with Gasteiger partial charge in [-0.05, 0) is 12.3 Å². The second-order valence-corrected chi connectivity index (χ2v) is 4.31. The summed E-state index contributed by atoms with van der Waals surface area (Å²) in [5.74, 6) is 0.170. The van der Waals surface area contributed by atoms with Gasteiger partial charge in [0.05, 0.1) is 5.54 Å². The lowest BCUT2D eigenvalue weighted by atomic mass is 9.61. The van der Waals surface area contributed by atoms with Gasteiger partial charge >= 0.3 is 0 Å². The largest absolute Gasteiger partial charge is 0.318 e. The minimum Gasteiger partial charge on any atom is -0.318 e. The van der Waals surface area contributed by atoms with Crippen molar-refractivity contribution in [3.05, 3.63) is 63.3 Å². The molecule has 2 N–H and O–H groups in total. The fraction of sp³-hybridized carbons (Fsp3) is 0.375. The molecule has 0 heterocycles. The lowest BCUT2D eigenvalue weighted by Crippen LogP contribution is -2.53. The van der Waals surface area contributed by atoms with Crippen molar-refractivity contribution in [1.82, 2.24) is 0 Å². The number of hydrogen-bond donors (Lipinski definition) is 1. The van der Waals surface area contributed by atoms with E-state index in [1.165, 1.54) is 0 Å². The Balaban J connectivity index is 5.79. The highest BCUT2D eigenvalue weighted by Gasteiger charge is 2.44. The van der Waals surface area contributed by atoms with Crippen molar-refractivity contribution in [3.8, 4) is 0 Å². The third kappa shape index (κ3) is 2.50. The van der Waals surface area contributed by atoms with Crippen LogP contribution in [0.2, 0.25) is 0 Å². The Bertz CT molecular complexity index is 295. The van der Waals surface area contributed by atoms with E-state index in [0.717, 1.165) is 12.8 Å². The van der Waals surface area contributed by atoms with Gasteiger partial charge in [0.2, 0.25) is 0 Å². The summed E-state index contributed by atoms with van der Waals surface area (Å²) in [6.07, 6.45) is 11.0. The van der Waals surface area contributed by atoms with Crippen LogP contribution in [0.5, 0.6) is 0 Å². The van der Waals surface area contributed by atoms with E-state index in [-0.39, 0.29) is 5.92 Å². The molecule has 0 amide bonds. The molecule has 17 heavy (non-hydrogen) atoms. The Morgan fingerprint density at radius 2 is 1.47 bits per heavy atom. The molecule has 0 saturated carbocycles. The summed E-state index contributed by atoms with van der Waals surface area (Å²) < 4.78 is 0. The maximum absolute atomic E-state index is 6.38. The average molecular weight is 231 g/mol. The van der Waals surface area contributed by atoms with E-state index in [0.29, 0.717) is 0 Å². The van der Waals surface area contributed by atoms with Crippen molar-refractivity contribution in [2.45, 2.75) is 25.3 Å². The fourth-order valence-corrected chi connectivity index (χ4v) is 2.36. The van der Waals surface area contributed by atoms with Crippen molar-refractivity contribution in [3.63, 3.8) is 0 Å². The molecule has 0 aromatic rings. The van der Waals surface area contributed by atoms with Crippen molar-refractivity contribution in [2.75, 3.05) is 0 Å². The molecule has 1 heteroatoms. The third-order valence-electron chi connectivity index (χ3n) is 3.60. The second-order valence-electron chi connectivity index (χ2n) is 4.31. The van der Waals surface area contributed by atoms with Crippen LogP contribution in [0.25, 0.3) is 0 Å². The summed E-state index contributed by atoms with van der Waals surface area (Å²) in [5.41, 5.74) is 5.13. The van der Waals surface area contributed by atoms with E-state index in [2.05, 4.69) is 39.8 Å². The molecule has 0 aromatic heterocycles. The summed E-state index contributed by atoms with van der Waals surface area (Å²) in [6, 6.07) is 0. The normalized spacial score (nSPS) is 13.5. The van der Waals surface area contributed by atoms with Crippen LogP contribution in [0.1, 0.15) is 19.8 Å². The Kier molecular flexibility index (Phi) is 5.90. The zero-order valence-corrected chi connectivity index (χ0v) is 11.0. The van der Waals surface area contributed by atoms with Gasteiger partial charge in [0.25, 0.3) is 0 Å². The Morgan fingerprint density at radius 3 is 1.71 bits per heavy atom. The molecule has 94 valence electrons. The van der Waals surface area contributed by atoms with Gasteiger partial charge in [-0.3, -0.25) is 0 Å². The topological polar surface area (TPSA) is 26.0 Å². The standard InChI is InChI=1S/C16H25N/c1-7-13-14(8-2)15(9-3,10-4)16(17,11-5)12-6/h8-12,14H,2-7,13,17H2,1H3. The highest BCUT2D eigenvalue weighted by Crippen LogP contribution is 2.44. The lowest BCUT2D eigenvalue weighted by molar-refractivity contribution is 0.254. The third-order valence-corrected chi connectivity index (χ3v) is 3.60. The van der Waals surface area contributed by atoms with Gasteiger partial charge in [-0.15, -0.1) is 32.9 Å². The van der Waals surface area contributed by atoms with E-state index in [9.17, 15) is 0 Å². The van der Waals surface area contributed by atoms with E-state index in [1.54, 1.807) is 12.2 Å². The SMILES string of the molecule is C=CC(CCC)C(C=C)(C=C)C(N)(C=C)C=C. The van der Waals surface area contributed by atoms with Crippen LogP contribution in [0.4, 0.5) is 0 Å². The predicted molar refractivity (Wildman–Crippen MR) is 78.7 cm³/mol. The molecule has 0 aliphatic rings. The van der Waals surface area contributed by atoms with E-state index in [4.69, 9.17) is 5.73 Å². The highest BCUT2D eigenvalue weighted by atomic mass is 14.8. The first kappa shape index (κ1) is 15.7. The van der Waals surface area contributed by atoms with Gasteiger partial charge in [0.15, 0.2) is 0 Å². The molecule has 0 saturated heterocycles. The molecule has 0 rings (SSSR count). The van der Waals surface area contributed by atoms with E-state index >= 15 is 0 Å². The molecule has 1 atom stereocenters. The van der Waals surface area contributed by atoms with Gasteiger partial charge in [0, 0.05) is 5.41 Å². The number of rotatable bonds is 9. The first-order valence-corrected chi connectivity index (χ1v) is 5.97. The van der Waals surface area contributed by atoms with Crippen molar-refractivity contribution in [1.29, 1.82) is 0 Å². The van der Waals surface area contributed by atoms with Crippen LogP contribution >= 0.6 is 0 Å². The molecule has 0 aliphatic carbocycles. The van der Waals surface area contributed by atoms with Crippen molar-refractivity contribution in [2.24, 2.45) is 17.1 Å². The first-order valence-electron chi connectivity index (χ1n) is 5.97. The summed E-state index contributed by atoms with van der Waals surface area (Å²) in [4.78, 5) is 0. The predicted octanol–water partition coefficient (Wildman–Crippen LogP) is 4.02. The van der Waals surface area contributed by atoms with E-state index < -0.39 is 11.0 Å². The minimum absolute atomic E-state index is 0.170. The maximum Gasteiger partial charge on any atom is 0.0652 e. The van der Waals surface area contributed by atoms with Crippen molar-refractivity contribution >= 4 is 0 Å². The van der Waals surface area contributed by atoms with Crippen LogP contribution in [-0.4, -0.2) is 5.54 Å². The summed E-state index contributed by atoms with van der Waals surface area (Å²) in [6.45, 7) is 21.5. The Labute approximate surface area is 106 Å². The molecule has 0 spiro atoms. The van der Waals surface area contributed by atoms with Crippen molar-refractivity contribution < 1.29 is 0 Å². The average Bonchev–Trinajstić information content (AvgIpc) is 2.38. The first-order chi connectivity index (χ1) is 8.01.